The van der Waals surface area contributed by atoms with E-state index in [4.69, 9.17) is 15.2 Å². The first-order valence-corrected chi connectivity index (χ1v) is 8.60. The molecule has 1 fully saturated rings. The number of nitrogens with two attached hydrogens (primary N) is 1. The summed E-state index contributed by atoms with van der Waals surface area (Å²) in [4.78, 5) is 12.0. The van der Waals surface area contributed by atoms with Crippen LogP contribution in [0.25, 0.3) is 5.69 Å². The minimum Gasteiger partial charge on any atom is -0.382 e. The van der Waals surface area contributed by atoms with E-state index >= 15 is 0 Å². The van der Waals surface area contributed by atoms with E-state index in [0.717, 1.165) is 0 Å². The van der Waals surface area contributed by atoms with Crippen LogP contribution in [0.15, 0.2) is 24.3 Å². The third kappa shape index (κ3) is 4.42. The molecule has 1 aliphatic heterocycles. The zero-order chi connectivity index (χ0) is 19.2. The number of hydrogen-bond acceptors (Lipinski definition) is 6. The fourth-order valence-electron chi connectivity index (χ4n) is 2.77. The molecule has 3 N–H and O–H groups in total. The number of nitriles is 1. The number of carbonyl (C=O) groups excluding carboxylic acids is 1. The van der Waals surface area contributed by atoms with Crippen molar-refractivity contribution in [1.82, 2.24) is 15.1 Å². The van der Waals surface area contributed by atoms with Crippen molar-refractivity contribution in [1.29, 1.82) is 5.26 Å². The molecule has 27 heavy (non-hydrogen) atoms. The first-order valence-electron chi connectivity index (χ1n) is 8.60. The topological polar surface area (TPSA) is 115 Å². The van der Waals surface area contributed by atoms with Crippen molar-refractivity contribution in [2.24, 2.45) is 0 Å². The quantitative estimate of drug-likeness (QED) is 0.728. The summed E-state index contributed by atoms with van der Waals surface area (Å²) in [5.74, 6) is -0.379. The van der Waals surface area contributed by atoms with Gasteiger partial charge < -0.3 is 20.5 Å². The summed E-state index contributed by atoms with van der Waals surface area (Å²) in [6.07, 6.45) is 0.457. The maximum Gasteiger partial charge on any atom is 0.251 e. The number of rotatable bonds is 6. The van der Waals surface area contributed by atoms with Crippen LogP contribution in [0.1, 0.15) is 17.7 Å². The highest BCUT2D eigenvalue weighted by Gasteiger charge is 2.22. The maximum absolute atomic E-state index is 13.1. The number of amides is 1. The van der Waals surface area contributed by atoms with Gasteiger partial charge in [-0.25, -0.2) is 9.07 Å². The summed E-state index contributed by atoms with van der Waals surface area (Å²) in [6.45, 7) is 1.57. The summed E-state index contributed by atoms with van der Waals surface area (Å²) < 4.78 is 25.0. The zero-order valence-corrected chi connectivity index (χ0v) is 14.7. The number of halogens is 1. The number of ether oxygens (including phenoxy) is 2. The van der Waals surface area contributed by atoms with E-state index in [2.05, 4.69) is 16.5 Å². The van der Waals surface area contributed by atoms with Crippen molar-refractivity contribution in [3.8, 4) is 11.8 Å². The molecule has 1 amide bonds. The van der Waals surface area contributed by atoms with Crippen LogP contribution in [0.2, 0.25) is 0 Å². The SMILES string of the molecule is N#Cc1c(CCCNC(=O)[C@@H]2COCCO2)nn(-c2ccc(F)cc2)c1N. The Balaban J connectivity index is 1.60. The Kier molecular flexibility index (Phi) is 6.01. The number of aryl methyl sites for hydroxylation is 1. The van der Waals surface area contributed by atoms with Gasteiger partial charge in [0.15, 0.2) is 6.10 Å². The van der Waals surface area contributed by atoms with Crippen LogP contribution in [0.3, 0.4) is 0 Å². The van der Waals surface area contributed by atoms with Crippen molar-refractivity contribution in [3.63, 3.8) is 0 Å². The van der Waals surface area contributed by atoms with Gasteiger partial charge in [-0.15, -0.1) is 0 Å². The number of hydrogen-bond donors (Lipinski definition) is 2. The van der Waals surface area contributed by atoms with E-state index in [1.807, 2.05) is 0 Å². The second kappa shape index (κ2) is 8.62. The molecule has 1 aromatic heterocycles. The molecule has 0 aliphatic carbocycles. The second-order valence-electron chi connectivity index (χ2n) is 6.04. The van der Waals surface area contributed by atoms with Gasteiger partial charge in [0, 0.05) is 6.54 Å². The lowest BCUT2D eigenvalue weighted by atomic mass is 10.1. The minimum absolute atomic E-state index is 0.205. The predicted octanol–water partition coefficient (Wildman–Crippen LogP) is 0.929. The highest BCUT2D eigenvalue weighted by atomic mass is 19.1. The van der Waals surface area contributed by atoms with Gasteiger partial charge in [0.2, 0.25) is 0 Å². The van der Waals surface area contributed by atoms with Crippen molar-refractivity contribution in [2.75, 3.05) is 32.1 Å². The van der Waals surface area contributed by atoms with Gasteiger partial charge >= 0.3 is 0 Å². The molecule has 0 radical (unpaired) electrons. The fourth-order valence-corrected chi connectivity index (χ4v) is 2.77. The largest absolute Gasteiger partial charge is 0.382 e. The van der Waals surface area contributed by atoms with Gasteiger partial charge in [0.1, 0.15) is 23.3 Å². The van der Waals surface area contributed by atoms with E-state index in [1.165, 1.54) is 28.9 Å². The maximum atomic E-state index is 13.1. The van der Waals surface area contributed by atoms with Crippen LogP contribution < -0.4 is 11.1 Å². The van der Waals surface area contributed by atoms with Gasteiger partial charge in [0.25, 0.3) is 5.91 Å². The normalized spacial score (nSPS) is 16.7. The Morgan fingerprint density at radius 2 is 2.19 bits per heavy atom. The van der Waals surface area contributed by atoms with Gasteiger partial charge in [0.05, 0.1) is 31.2 Å². The molecular formula is C18H20FN5O3. The lowest BCUT2D eigenvalue weighted by molar-refractivity contribution is -0.147. The number of aromatic nitrogens is 2. The van der Waals surface area contributed by atoms with Crippen LogP contribution in [0, 0.1) is 17.1 Å². The molecular weight excluding hydrogens is 353 g/mol. The Hall–Kier alpha value is -2.96. The molecule has 1 aromatic carbocycles. The van der Waals surface area contributed by atoms with E-state index in [9.17, 15) is 14.4 Å². The van der Waals surface area contributed by atoms with Crippen LogP contribution in [-0.2, 0) is 20.7 Å². The Bertz CT molecular complexity index is 838. The van der Waals surface area contributed by atoms with Gasteiger partial charge in [-0.1, -0.05) is 0 Å². The molecule has 3 rings (SSSR count). The number of anilines is 1. The van der Waals surface area contributed by atoms with Crippen LogP contribution in [0.4, 0.5) is 10.2 Å². The van der Waals surface area contributed by atoms with Crippen molar-refractivity contribution in [3.05, 3.63) is 41.3 Å². The summed E-state index contributed by atoms with van der Waals surface area (Å²) in [7, 11) is 0. The summed E-state index contributed by atoms with van der Waals surface area (Å²) in [5.41, 5.74) is 7.41. The number of carbonyl (C=O) groups is 1. The monoisotopic (exact) mass is 373 g/mol. The van der Waals surface area contributed by atoms with Crippen molar-refractivity contribution in [2.45, 2.75) is 18.9 Å². The zero-order valence-electron chi connectivity index (χ0n) is 14.7. The fraction of sp³-hybridized carbons (Fsp3) is 0.389. The highest BCUT2D eigenvalue weighted by Crippen LogP contribution is 2.21. The van der Waals surface area contributed by atoms with Gasteiger partial charge in [-0.05, 0) is 37.1 Å². The average Bonchev–Trinajstić information content (AvgIpc) is 3.01. The summed E-state index contributed by atoms with van der Waals surface area (Å²) in [6, 6.07) is 7.74. The number of benzene rings is 1. The minimum atomic E-state index is -0.582. The molecule has 142 valence electrons. The van der Waals surface area contributed by atoms with Crippen LogP contribution in [0.5, 0.6) is 0 Å². The van der Waals surface area contributed by atoms with Gasteiger partial charge in [-0.3, -0.25) is 4.79 Å². The first-order chi connectivity index (χ1) is 13.1. The molecule has 0 spiro atoms. The molecule has 0 bridgehead atoms. The third-order valence-electron chi connectivity index (χ3n) is 4.17. The Morgan fingerprint density at radius 3 is 2.85 bits per heavy atom. The molecule has 1 saturated heterocycles. The van der Waals surface area contributed by atoms with E-state index in [1.54, 1.807) is 0 Å². The molecule has 2 aromatic rings. The van der Waals surface area contributed by atoms with Crippen molar-refractivity contribution < 1.29 is 18.7 Å². The van der Waals surface area contributed by atoms with Crippen LogP contribution >= 0.6 is 0 Å². The van der Waals surface area contributed by atoms with Crippen molar-refractivity contribution >= 4 is 11.7 Å². The molecule has 1 aliphatic rings. The number of nitrogens with zero attached hydrogens (tertiary/aromatic N) is 3. The molecule has 2 heterocycles. The lowest BCUT2D eigenvalue weighted by Crippen LogP contribution is -2.43. The molecule has 9 heteroatoms. The molecule has 0 saturated carbocycles. The standard InChI is InChI=1S/C18H20FN5O3/c19-12-3-5-13(6-4-12)24-17(21)14(10-20)15(23-24)2-1-7-22-18(25)16-11-26-8-9-27-16/h3-6,16H,1-2,7-9,11,21H2,(H,22,25)/t16-/m0/s1. The Morgan fingerprint density at radius 1 is 1.41 bits per heavy atom. The number of nitrogen functional groups attached to an aromatic ring is 1. The smallest absolute Gasteiger partial charge is 0.251 e. The highest BCUT2D eigenvalue weighted by molar-refractivity contribution is 5.80. The molecule has 1 atom stereocenters. The van der Waals surface area contributed by atoms with Gasteiger partial charge in [-0.2, -0.15) is 10.4 Å². The van der Waals surface area contributed by atoms with E-state index in [0.29, 0.717) is 44.0 Å². The molecule has 8 nitrogen and oxygen atoms in total. The predicted molar refractivity (Wildman–Crippen MR) is 94.5 cm³/mol. The second-order valence-corrected chi connectivity index (χ2v) is 6.04. The lowest BCUT2D eigenvalue weighted by Gasteiger charge is -2.21. The summed E-state index contributed by atoms with van der Waals surface area (Å²) >= 11 is 0. The van der Waals surface area contributed by atoms with E-state index in [-0.39, 0.29) is 29.7 Å². The average molecular weight is 373 g/mol. The third-order valence-corrected chi connectivity index (χ3v) is 4.17. The summed E-state index contributed by atoms with van der Waals surface area (Å²) in [5, 5.41) is 16.5. The first kappa shape index (κ1) is 18.8. The van der Waals surface area contributed by atoms with Crippen LogP contribution in [-0.4, -0.2) is 48.2 Å². The Labute approximate surface area is 155 Å². The van der Waals surface area contributed by atoms with E-state index < -0.39 is 6.10 Å². The molecule has 0 unspecified atom stereocenters. The number of nitrogens with one attached hydrogen (secondary N) is 1.